The highest BCUT2D eigenvalue weighted by atomic mass is 19.1. The molecule has 0 aliphatic carbocycles. The van der Waals surface area contributed by atoms with Crippen LogP contribution in [0.3, 0.4) is 0 Å². The van der Waals surface area contributed by atoms with Crippen molar-refractivity contribution in [3.8, 4) is 5.75 Å². The lowest BCUT2D eigenvalue weighted by molar-refractivity contribution is -0.139. The van der Waals surface area contributed by atoms with Crippen LogP contribution in [0.1, 0.15) is 28.3 Å². The number of benzene rings is 4. The number of ether oxygens (including phenoxy) is 1. The first kappa shape index (κ1) is 25.6. The number of carbonyl (C=O) groups excluding carboxylic acids is 2. The van der Waals surface area contributed by atoms with Gasteiger partial charge in [-0.3, -0.25) is 9.59 Å². The van der Waals surface area contributed by atoms with Crippen molar-refractivity contribution < 1.29 is 18.7 Å². The third-order valence-electron chi connectivity index (χ3n) is 6.07. The van der Waals surface area contributed by atoms with Gasteiger partial charge in [0.2, 0.25) is 5.91 Å². The zero-order valence-corrected chi connectivity index (χ0v) is 20.9. The van der Waals surface area contributed by atoms with Gasteiger partial charge < -0.3 is 15.0 Å². The molecule has 1 atom stereocenters. The Labute approximate surface area is 216 Å². The van der Waals surface area contributed by atoms with Gasteiger partial charge in [0.15, 0.2) is 0 Å². The summed E-state index contributed by atoms with van der Waals surface area (Å²) >= 11 is 0. The molecule has 4 aromatic carbocycles. The predicted molar refractivity (Wildman–Crippen MR) is 143 cm³/mol. The molecule has 4 aromatic rings. The maximum Gasteiger partial charge on any atom is 0.251 e. The van der Waals surface area contributed by atoms with Crippen LogP contribution in [0.4, 0.5) is 10.1 Å². The second-order valence-electron chi connectivity index (χ2n) is 8.84. The number of amides is 2. The normalized spacial score (nSPS) is 11.4. The fourth-order valence-electron chi connectivity index (χ4n) is 4.12. The van der Waals surface area contributed by atoms with E-state index in [0.717, 1.165) is 16.7 Å². The topological polar surface area (TPSA) is 58.6 Å². The highest BCUT2D eigenvalue weighted by molar-refractivity contribution is 5.98. The Balaban J connectivity index is 1.73. The number of aryl methyl sites for hydroxylation is 1. The van der Waals surface area contributed by atoms with Crippen LogP contribution >= 0.6 is 0 Å². The molecule has 37 heavy (non-hydrogen) atoms. The van der Waals surface area contributed by atoms with Crippen molar-refractivity contribution in [2.45, 2.75) is 25.9 Å². The van der Waals surface area contributed by atoms with Gasteiger partial charge in [0.05, 0.1) is 13.5 Å². The van der Waals surface area contributed by atoms with E-state index in [-0.39, 0.29) is 18.9 Å². The predicted octanol–water partition coefficient (Wildman–Crippen LogP) is 6.09. The van der Waals surface area contributed by atoms with Gasteiger partial charge in [-0.25, -0.2) is 4.39 Å². The quantitative estimate of drug-likeness (QED) is 0.305. The molecule has 0 aromatic heterocycles. The molecule has 5 nitrogen and oxygen atoms in total. The molecule has 0 radical (unpaired) electrons. The fraction of sp³-hybridized carbons (Fsp3) is 0.161. The second-order valence-corrected chi connectivity index (χ2v) is 8.84. The molecule has 0 saturated heterocycles. The first-order valence-corrected chi connectivity index (χ1v) is 12.0. The van der Waals surface area contributed by atoms with Crippen LogP contribution < -0.4 is 10.1 Å². The number of anilines is 1. The molecule has 0 fully saturated rings. The summed E-state index contributed by atoms with van der Waals surface area (Å²) in [6.07, 6.45) is 0.105. The molecule has 6 heteroatoms. The fourth-order valence-corrected chi connectivity index (χ4v) is 4.12. The molecular weight excluding hydrogens is 467 g/mol. The third-order valence-corrected chi connectivity index (χ3v) is 6.07. The van der Waals surface area contributed by atoms with Crippen LogP contribution in [0.5, 0.6) is 5.75 Å². The molecule has 0 bridgehead atoms. The number of hydrogen-bond acceptors (Lipinski definition) is 3. The van der Waals surface area contributed by atoms with Gasteiger partial charge >= 0.3 is 0 Å². The third kappa shape index (κ3) is 6.82. The van der Waals surface area contributed by atoms with E-state index < -0.39 is 17.8 Å². The highest BCUT2D eigenvalue weighted by Gasteiger charge is 2.32. The summed E-state index contributed by atoms with van der Waals surface area (Å²) in [5.41, 5.74) is 3.71. The summed E-state index contributed by atoms with van der Waals surface area (Å²) in [7, 11) is 1.56. The SMILES string of the molecule is COc1ccc(NC(=O)C(c2cccc(F)c2)N(Cc2ccc(C)cc2)C(=O)Cc2ccccc2)cc1. The van der Waals surface area contributed by atoms with Crippen molar-refractivity contribution in [3.05, 3.63) is 131 Å². The maximum atomic E-state index is 14.3. The lowest BCUT2D eigenvalue weighted by atomic mass is 10.0. The van der Waals surface area contributed by atoms with Crippen molar-refractivity contribution >= 4 is 17.5 Å². The summed E-state index contributed by atoms with van der Waals surface area (Å²) in [5, 5.41) is 2.89. The molecule has 4 rings (SSSR count). The van der Waals surface area contributed by atoms with Crippen molar-refractivity contribution in [1.82, 2.24) is 4.90 Å². The second kappa shape index (κ2) is 12.0. The highest BCUT2D eigenvalue weighted by Crippen LogP contribution is 2.27. The molecule has 0 aliphatic heterocycles. The Bertz CT molecular complexity index is 1340. The summed E-state index contributed by atoms with van der Waals surface area (Å²) in [4.78, 5) is 29.0. The van der Waals surface area contributed by atoms with Crippen LogP contribution in [0.15, 0.2) is 103 Å². The summed E-state index contributed by atoms with van der Waals surface area (Å²) < 4.78 is 19.5. The van der Waals surface area contributed by atoms with Gasteiger partial charge in [0, 0.05) is 12.2 Å². The Morgan fingerprint density at radius 1 is 0.865 bits per heavy atom. The first-order chi connectivity index (χ1) is 17.9. The van der Waals surface area contributed by atoms with Gasteiger partial charge in [0.1, 0.15) is 17.6 Å². The van der Waals surface area contributed by atoms with E-state index in [1.807, 2.05) is 61.5 Å². The molecule has 0 spiro atoms. The lowest BCUT2D eigenvalue weighted by Gasteiger charge is -2.32. The minimum Gasteiger partial charge on any atom is -0.497 e. The summed E-state index contributed by atoms with van der Waals surface area (Å²) in [6.45, 7) is 2.17. The Hall–Kier alpha value is -4.45. The smallest absolute Gasteiger partial charge is 0.251 e. The molecule has 188 valence electrons. The van der Waals surface area contributed by atoms with E-state index in [0.29, 0.717) is 17.0 Å². The van der Waals surface area contributed by atoms with Gasteiger partial charge in [-0.2, -0.15) is 0 Å². The molecule has 1 unspecified atom stereocenters. The largest absolute Gasteiger partial charge is 0.497 e. The van der Waals surface area contributed by atoms with Crippen LogP contribution in [0.2, 0.25) is 0 Å². The van der Waals surface area contributed by atoms with Gasteiger partial charge in [-0.15, -0.1) is 0 Å². The summed E-state index contributed by atoms with van der Waals surface area (Å²) in [6, 6.07) is 28.8. The molecule has 0 saturated carbocycles. The van der Waals surface area contributed by atoms with E-state index in [1.165, 1.54) is 17.0 Å². The minimum atomic E-state index is -1.06. The lowest BCUT2D eigenvalue weighted by Crippen LogP contribution is -2.41. The molecule has 2 amide bonds. The van der Waals surface area contributed by atoms with Gasteiger partial charge in [-0.05, 0) is 60.0 Å². The van der Waals surface area contributed by atoms with Gasteiger partial charge in [-0.1, -0.05) is 72.3 Å². The van der Waals surface area contributed by atoms with Crippen molar-refractivity contribution in [2.24, 2.45) is 0 Å². The molecule has 1 N–H and O–H groups in total. The van der Waals surface area contributed by atoms with E-state index in [2.05, 4.69) is 5.32 Å². The van der Waals surface area contributed by atoms with Crippen LogP contribution in [0.25, 0.3) is 0 Å². The number of methoxy groups -OCH3 is 1. The maximum absolute atomic E-state index is 14.3. The minimum absolute atomic E-state index is 0.105. The average molecular weight is 497 g/mol. The standard InChI is InChI=1S/C31H29FN2O3/c1-22-11-13-24(14-12-22)21-34(29(35)19-23-7-4-3-5-8-23)30(25-9-6-10-26(32)20-25)31(36)33-27-15-17-28(37-2)18-16-27/h3-18,20,30H,19,21H2,1-2H3,(H,33,36). The van der Waals surface area contributed by atoms with Gasteiger partial charge in [0.25, 0.3) is 5.91 Å². The van der Waals surface area contributed by atoms with Crippen molar-refractivity contribution in [1.29, 1.82) is 0 Å². The van der Waals surface area contributed by atoms with E-state index >= 15 is 0 Å². The average Bonchev–Trinajstić information content (AvgIpc) is 2.90. The Morgan fingerprint density at radius 3 is 2.22 bits per heavy atom. The Morgan fingerprint density at radius 2 is 1.57 bits per heavy atom. The van der Waals surface area contributed by atoms with Crippen LogP contribution in [-0.2, 0) is 22.6 Å². The van der Waals surface area contributed by atoms with E-state index in [1.54, 1.807) is 43.5 Å². The summed E-state index contributed by atoms with van der Waals surface area (Å²) in [5.74, 6) is -0.514. The van der Waals surface area contributed by atoms with Crippen LogP contribution in [-0.4, -0.2) is 23.8 Å². The first-order valence-electron chi connectivity index (χ1n) is 12.0. The van der Waals surface area contributed by atoms with Crippen molar-refractivity contribution in [2.75, 3.05) is 12.4 Å². The molecular formula is C31H29FN2O3. The monoisotopic (exact) mass is 496 g/mol. The molecule has 0 aliphatic rings. The van der Waals surface area contributed by atoms with Crippen LogP contribution in [0, 0.1) is 12.7 Å². The Kier molecular flexibility index (Phi) is 8.31. The number of halogens is 1. The number of rotatable bonds is 9. The van der Waals surface area contributed by atoms with E-state index in [9.17, 15) is 14.0 Å². The zero-order valence-electron chi connectivity index (χ0n) is 20.9. The van der Waals surface area contributed by atoms with Crippen molar-refractivity contribution in [3.63, 3.8) is 0 Å². The number of nitrogens with zero attached hydrogens (tertiary/aromatic N) is 1. The molecule has 0 heterocycles. The number of hydrogen-bond donors (Lipinski definition) is 1. The zero-order chi connectivity index (χ0) is 26.2. The van der Waals surface area contributed by atoms with E-state index in [4.69, 9.17) is 4.74 Å². The number of carbonyl (C=O) groups is 2. The number of nitrogens with one attached hydrogen (secondary N) is 1.